The zero-order chi connectivity index (χ0) is 8.81. The van der Waals surface area contributed by atoms with E-state index < -0.39 is 0 Å². The van der Waals surface area contributed by atoms with Crippen LogP contribution < -0.4 is 5.32 Å². The van der Waals surface area contributed by atoms with Gasteiger partial charge in [0.15, 0.2) is 0 Å². The highest BCUT2D eigenvalue weighted by Gasteiger charge is 2.11. The van der Waals surface area contributed by atoms with Crippen LogP contribution in [-0.2, 0) is 4.74 Å². The van der Waals surface area contributed by atoms with Crippen molar-refractivity contribution in [3.8, 4) is 0 Å². The third-order valence-corrected chi connectivity index (χ3v) is 2.21. The van der Waals surface area contributed by atoms with Crippen molar-refractivity contribution in [2.24, 2.45) is 0 Å². The van der Waals surface area contributed by atoms with Crippen LogP contribution in [0, 0.1) is 0 Å². The van der Waals surface area contributed by atoms with E-state index in [9.17, 15) is 0 Å². The zero-order valence-electron chi connectivity index (χ0n) is 7.94. The average molecular weight is 169 g/mol. The Labute approximate surface area is 75.0 Å². The van der Waals surface area contributed by atoms with Gasteiger partial charge in [0, 0.05) is 19.3 Å². The van der Waals surface area contributed by atoms with E-state index in [4.69, 9.17) is 4.74 Å². The minimum Gasteiger partial charge on any atom is -0.381 e. The summed E-state index contributed by atoms with van der Waals surface area (Å²) in [6.45, 7) is 8.86. The lowest BCUT2D eigenvalue weighted by molar-refractivity contribution is 0.0782. The van der Waals surface area contributed by atoms with E-state index in [1.165, 1.54) is 5.57 Å². The summed E-state index contributed by atoms with van der Waals surface area (Å²) in [5.41, 5.74) is 1.26. The Kier molecular flexibility index (Phi) is 4.33. The summed E-state index contributed by atoms with van der Waals surface area (Å²) < 4.78 is 5.27. The molecule has 0 aromatic carbocycles. The minimum absolute atomic E-state index is 0.679. The summed E-state index contributed by atoms with van der Waals surface area (Å²) in [4.78, 5) is 0. The molecule has 1 saturated heterocycles. The predicted octanol–water partition coefficient (Wildman–Crippen LogP) is 1.72. The topological polar surface area (TPSA) is 21.3 Å². The van der Waals surface area contributed by atoms with E-state index in [0.717, 1.165) is 39.0 Å². The highest BCUT2D eigenvalue weighted by molar-refractivity contribution is 4.88. The minimum atomic E-state index is 0.679. The molecule has 2 nitrogen and oxygen atoms in total. The molecule has 0 spiro atoms. The summed E-state index contributed by atoms with van der Waals surface area (Å²) in [5, 5.41) is 3.51. The lowest BCUT2D eigenvalue weighted by atomic mass is 10.1. The Morgan fingerprint density at radius 3 is 2.75 bits per heavy atom. The first-order chi connectivity index (χ1) is 5.79. The number of hydrogen-bond donors (Lipinski definition) is 1. The molecule has 12 heavy (non-hydrogen) atoms. The van der Waals surface area contributed by atoms with Gasteiger partial charge in [0.1, 0.15) is 0 Å². The maximum atomic E-state index is 5.27. The van der Waals surface area contributed by atoms with Crippen LogP contribution in [0.4, 0.5) is 0 Å². The Balaban J connectivity index is 2.01. The van der Waals surface area contributed by atoms with Crippen molar-refractivity contribution < 1.29 is 4.74 Å². The predicted molar refractivity (Wildman–Crippen MR) is 51.3 cm³/mol. The molecule has 1 N–H and O–H groups in total. The molecule has 0 aliphatic carbocycles. The molecule has 1 fully saturated rings. The summed E-state index contributed by atoms with van der Waals surface area (Å²) >= 11 is 0. The number of hydrogen-bond acceptors (Lipinski definition) is 2. The van der Waals surface area contributed by atoms with Crippen LogP contribution in [0.25, 0.3) is 0 Å². The van der Waals surface area contributed by atoms with Gasteiger partial charge in [0.25, 0.3) is 0 Å². The highest BCUT2D eigenvalue weighted by atomic mass is 16.5. The van der Waals surface area contributed by atoms with E-state index in [1.54, 1.807) is 0 Å². The fourth-order valence-electron chi connectivity index (χ4n) is 1.39. The summed E-state index contributed by atoms with van der Waals surface area (Å²) in [6.07, 6.45) is 3.42. The molecular formula is C10H19NO. The quantitative estimate of drug-likeness (QED) is 0.647. The Morgan fingerprint density at radius 1 is 1.50 bits per heavy atom. The number of rotatable bonds is 4. The largest absolute Gasteiger partial charge is 0.381 e. The fraction of sp³-hybridized carbons (Fsp3) is 0.800. The second-order valence-electron chi connectivity index (χ2n) is 3.55. The molecule has 0 unspecified atom stereocenters. The second-order valence-corrected chi connectivity index (χ2v) is 3.55. The van der Waals surface area contributed by atoms with Gasteiger partial charge in [-0.2, -0.15) is 0 Å². The summed E-state index contributed by atoms with van der Waals surface area (Å²) in [6, 6.07) is 0.679. The van der Waals surface area contributed by atoms with Crippen molar-refractivity contribution in [3.05, 3.63) is 12.2 Å². The van der Waals surface area contributed by atoms with Crippen LogP contribution in [0.15, 0.2) is 12.2 Å². The zero-order valence-corrected chi connectivity index (χ0v) is 7.94. The van der Waals surface area contributed by atoms with Crippen molar-refractivity contribution in [2.45, 2.75) is 32.2 Å². The maximum Gasteiger partial charge on any atom is 0.0480 e. The van der Waals surface area contributed by atoms with E-state index in [0.29, 0.717) is 6.04 Å². The van der Waals surface area contributed by atoms with Crippen LogP contribution in [0.2, 0.25) is 0 Å². The first-order valence-electron chi connectivity index (χ1n) is 4.74. The highest BCUT2D eigenvalue weighted by Crippen LogP contribution is 2.06. The van der Waals surface area contributed by atoms with Crippen LogP contribution in [0.5, 0.6) is 0 Å². The number of nitrogens with one attached hydrogen (secondary N) is 1. The second kappa shape index (κ2) is 5.33. The van der Waals surface area contributed by atoms with E-state index in [1.807, 2.05) is 0 Å². The third kappa shape index (κ3) is 3.88. The van der Waals surface area contributed by atoms with Crippen molar-refractivity contribution >= 4 is 0 Å². The summed E-state index contributed by atoms with van der Waals surface area (Å²) in [5.74, 6) is 0. The Hall–Kier alpha value is -0.340. The molecule has 0 radical (unpaired) electrons. The normalized spacial score (nSPS) is 19.4. The molecule has 0 amide bonds. The van der Waals surface area contributed by atoms with Crippen LogP contribution in [0.3, 0.4) is 0 Å². The molecule has 1 aliphatic heterocycles. The van der Waals surface area contributed by atoms with Crippen LogP contribution >= 0.6 is 0 Å². The van der Waals surface area contributed by atoms with Gasteiger partial charge < -0.3 is 10.1 Å². The van der Waals surface area contributed by atoms with Crippen molar-refractivity contribution in [2.75, 3.05) is 19.8 Å². The van der Waals surface area contributed by atoms with E-state index >= 15 is 0 Å². The standard InChI is InChI=1S/C10H19NO/c1-9(2)3-6-11-10-4-7-12-8-5-10/h10-11H,1,3-8H2,2H3. The monoisotopic (exact) mass is 169 g/mol. The molecule has 1 heterocycles. The SMILES string of the molecule is C=C(C)CCNC1CCOCC1. The molecule has 0 bridgehead atoms. The summed E-state index contributed by atoms with van der Waals surface area (Å²) in [7, 11) is 0. The molecule has 1 aliphatic rings. The van der Waals surface area contributed by atoms with Gasteiger partial charge in [-0.05, 0) is 32.7 Å². The van der Waals surface area contributed by atoms with Crippen LogP contribution in [0.1, 0.15) is 26.2 Å². The molecule has 0 atom stereocenters. The first kappa shape index (κ1) is 9.75. The Morgan fingerprint density at radius 2 is 2.17 bits per heavy atom. The molecular weight excluding hydrogens is 150 g/mol. The molecule has 0 aromatic rings. The maximum absolute atomic E-state index is 5.27. The van der Waals surface area contributed by atoms with Gasteiger partial charge in [-0.3, -0.25) is 0 Å². The van der Waals surface area contributed by atoms with Gasteiger partial charge in [-0.25, -0.2) is 0 Å². The first-order valence-corrected chi connectivity index (χ1v) is 4.74. The molecule has 0 aromatic heterocycles. The lowest BCUT2D eigenvalue weighted by Gasteiger charge is -2.23. The van der Waals surface area contributed by atoms with Crippen molar-refractivity contribution in [1.82, 2.24) is 5.32 Å². The molecule has 0 saturated carbocycles. The van der Waals surface area contributed by atoms with E-state index in [2.05, 4.69) is 18.8 Å². The smallest absolute Gasteiger partial charge is 0.0480 e. The van der Waals surface area contributed by atoms with Gasteiger partial charge in [0.2, 0.25) is 0 Å². The van der Waals surface area contributed by atoms with Gasteiger partial charge in [0.05, 0.1) is 0 Å². The fourth-order valence-corrected chi connectivity index (χ4v) is 1.39. The van der Waals surface area contributed by atoms with Gasteiger partial charge >= 0.3 is 0 Å². The van der Waals surface area contributed by atoms with Gasteiger partial charge in [-0.1, -0.05) is 5.57 Å². The van der Waals surface area contributed by atoms with Crippen LogP contribution in [-0.4, -0.2) is 25.8 Å². The van der Waals surface area contributed by atoms with Crippen molar-refractivity contribution in [3.63, 3.8) is 0 Å². The Bertz CT molecular complexity index is 139. The molecule has 2 heteroatoms. The van der Waals surface area contributed by atoms with E-state index in [-0.39, 0.29) is 0 Å². The third-order valence-electron chi connectivity index (χ3n) is 2.21. The lowest BCUT2D eigenvalue weighted by Crippen LogP contribution is -2.35. The average Bonchev–Trinajstić information content (AvgIpc) is 2.05. The number of ether oxygens (including phenoxy) is 1. The van der Waals surface area contributed by atoms with Crippen molar-refractivity contribution in [1.29, 1.82) is 0 Å². The van der Waals surface area contributed by atoms with Gasteiger partial charge in [-0.15, -0.1) is 6.58 Å². The molecule has 70 valence electrons. The molecule has 1 rings (SSSR count).